The van der Waals surface area contributed by atoms with Crippen LogP contribution >= 0.6 is 11.6 Å². The first kappa shape index (κ1) is 25.2. The van der Waals surface area contributed by atoms with Crippen LogP contribution < -0.4 is 16.0 Å². The van der Waals surface area contributed by atoms with Gasteiger partial charge in [-0.25, -0.2) is 4.79 Å². The molecule has 9 nitrogen and oxygen atoms in total. The highest BCUT2D eigenvalue weighted by Gasteiger charge is 2.23. The maximum absolute atomic E-state index is 12.7. The van der Waals surface area contributed by atoms with E-state index in [2.05, 4.69) is 25.8 Å². The van der Waals surface area contributed by atoms with E-state index in [1.165, 1.54) is 13.2 Å². The molecule has 10 heteroatoms. The van der Waals surface area contributed by atoms with Gasteiger partial charge in [-0.2, -0.15) is 5.10 Å². The minimum Gasteiger partial charge on any atom is -0.453 e. The van der Waals surface area contributed by atoms with Crippen molar-refractivity contribution in [2.75, 3.05) is 17.7 Å². The highest BCUT2D eigenvalue weighted by atomic mass is 35.5. The van der Waals surface area contributed by atoms with Crippen molar-refractivity contribution in [3.05, 3.63) is 40.7 Å². The Bertz CT molecular complexity index is 989. The fourth-order valence-electron chi connectivity index (χ4n) is 3.21. The molecule has 0 saturated heterocycles. The summed E-state index contributed by atoms with van der Waals surface area (Å²) >= 11 is 6.34. The molecular weight excluding hydrogens is 434 g/mol. The lowest BCUT2D eigenvalue weighted by Gasteiger charge is -2.20. The number of nitrogens with one attached hydrogen (secondary N) is 3. The molecule has 174 valence electrons. The zero-order valence-corrected chi connectivity index (χ0v) is 19.9. The third-order valence-corrected chi connectivity index (χ3v) is 5.10. The van der Waals surface area contributed by atoms with E-state index in [1.54, 1.807) is 23.7 Å². The molecule has 0 aliphatic heterocycles. The molecule has 1 aromatic carbocycles. The number of rotatable bonds is 8. The molecule has 3 amide bonds. The highest BCUT2D eigenvalue weighted by molar-refractivity contribution is 6.34. The zero-order valence-electron chi connectivity index (χ0n) is 19.2. The Labute approximate surface area is 192 Å². The molecule has 1 heterocycles. The second-order valence-corrected chi connectivity index (χ2v) is 8.45. The number of hydrogen-bond donors (Lipinski definition) is 3. The number of carbonyl (C=O) groups is 3. The Balaban J connectivity index is 2.08. The smallest absolute Gasteiger partial charge is 0.407 e. The lowest BCUT2D eigenvalue weighted by Crippen LogP contribution is -2.44. The number of aromatic nitrogens is 2. The second kappa shape index (κ2) is 11.0. The fourth-order valence-corrected chi connectivity index (χ4v) is 3.44. The van der Waals surface area contributed by atoms with Gasteiger partial charge in [-0.05, 0) is 57.4 Å². The Kier molecular flexibility index (Phi) is 8.65. The molecule has 0 spiro atoms. The molecule has 3 N–H and O–H groups in total. The van der Waals surface area contributed by atoms with E-state index in [-0.39, 0.29) is 16.8 Å². The Morgan fingerprint density at radius 1 is 1.09 bits per heavy atom. The molecule has 2 aromatic rings. The largest absolute Gasteiger partial charge is 0.453 e. The first-order chi connectivity index (χ1) is 15.0. The van der Waals surface area contributed by atoms with Gasteiger partial charge in [0.05, 0.1) is 23.5 Å². The number of ether oxygens (including phenoxy) is 1. The summed E-state index contributed by atoms with van der Waals surface area (Å²) < 4.78 is 6.25. The number of halogens is 1. The number of methoxy groups -OCH3 is 1. The fraction of sp³-hybridized carbons (Fsp3) is 0.455. The van der Waals surface area contributed by atoms with Gasteiger partial charge in [0.15, 0.2) is 0 Å². The average Bonchev–Trinajstić information content (AvgIpc) is 3.06. The summed E-state index contributed by atoms with van der Waals surface area (Å²) in [5.41, 5.74) is 2.56. The number of amides is 3. The summed E-state index contributed by atoms with van der Waals surface area (Å²) in [5, 5.41) is 12.7. The maximum atomic E-state index is 12.7. The SMILES string of the molecule is COC(=O)NC(CC(C)C)C(=O)Nc1ccc(NC(=O)C(C)n2nc(C)cc2C)c(Cl)c1. The molecule has 0 bridgehead atoms. The van der Waals surface area contributed by atoms with Crippen LogP contribution in [0.1, 0.15) is 44.6 Å². The van der Waals surface area contributed by atoms with E-state index in [0.717, 1.165) is 11.4 Å². The molecule has 0 fully saturated rings. The number of hydrogen-bond acceptors (Lipinski definition) is 5. The van der Waals surface area contributed by atoms with Crippen LogP contribution in [0.4, 0.5) is 16.2 Å². The van der Waals surface area contributed by atoms with E-state index < -0.39 is 24.1 Å². The minimum absolute atomic E-state index is 0.174. The third-order valence-electron chi connectivity index (χ3n) is 4.79. The quantitative estimate of drug-likeness (QED) is 0.546. The van der Waals surface area contributed by atoms with Gasteiger partial charge in [-0.15, -0.1) is 0 Å². The number of carbonyl (C=O) groups excluding carboxylic acids is 3. The van der Waals surface area contributed by atoms with Crippen LogP contribution in [0.3, 0.4) is 0 Å². The molecule has 2 atom stereocenters. The molecule has 0 saturated carbocycles. The number of alkyl carbamates (subject to hydrolysis) is 1. The lowest BCUT2D eigenvalue weighted by atomic mass is 10.0. The first-order valence-electron chi connectivity index (χ1n) is 10.3. The number of nitrogens with zero attached hydrogens (tertiary/aromatic N) is 2. The molecule has 32 heavy (non-hydrogen) atoms. The van der Waals surface area contributed by atoms with E-state index >= 15 is 0 Å². The van der Waals surface area contributed by atoms with Crippen molar-refractivity contribution >= 4 is 40.9 Å². The van der Waals surface area contributed by atoms with Crippen LogP contribution in [0.5, 0.6) is 0 Å². The van der Waals surface area contributed by atoms with Gasteiger partial charge in [-0.1, -0.05) is 25.4 Å². The summed E-state index contributed by atoms with van der Waals surface area (Å²) in [6.07, 6.45) is -0.244. The summed E-state index contributed by atoms with van der Waals surface area (Å²) in [6, 6.07) is 5.37. The molecule has 0 radical (unpaired) electrons. The Hall–Kier alpha value is -3.07. The van der Waals surface area contributed by atoms with Gasteiger partial charge in [0, 0.05) is 11.4 Å². The van der Waals surface area contributed by atoms with Crippen molar-refractivity contribution in [3.63, 3.8) is 0 Å². The summed E-state index contributed by atoms with van der Waals surface area (Å²) in [6.45, 7) is 9.39. The minimum atomic E-state index is -0.762. The van der Waals surface area contributed by atoms with Gasteiger partial charge in [-0.3, -0.25) is 14.3 Å². The highest BCUT2D eigenvalue weighted by Crippen LogP contribution is 2.27. The van der Waals surface area contributed by atoms with Crippen LogP contribution in [-0.2, 0) is 14.3 Å². The monoisotopic (exact) mass is 463 g/mol. The van der Waals surface area contributed by atoms with Gasteiger partial charge in [0.25, 0.3) is 0 Å². The van der Waals surface area contributed by atoms with Gasteiger partial charge >= 0.3 is 6.09 Å². The van der Waals surface area contributed by atoms with Crippen molar-refractivity contribution in [2.24, 2.45) is 5.92 Å². The predicted octanol–water partition coefficient (Wildman–Crippen LogP) is 4.06. The van der Waals surface area contributed by atoms with Crippen molar-refractivity contribution < 1.29 is 19.1 Å². The zero-order chi connectivity index (χ0) is 24.0. The van der Waals surface area contributed by atoms with Gasteiger partial charge < -0.3 is 20.7 Å². The van der Waals surface area contributed by atoms with Crippen LogP contribution in [-0.4, -0.2) is 40.8 Å². The lowest BCUT2D eigenvalue weighted by molar-refractivity contribution is -0.119. The number of benzene rings is 1. The third kappa shape index (κ3) is 6.71. The molecule has 1 aromatic heterocycles. The van der Waals surface area contributed by atoms with Gasteiger partial charge in [0.2, 0.25) is 11.8 Å². The molecular formula is C22H30ClN5O4. The number of anilines is 2. The van der Waals surface area contributed by atoms with E-state index in [9.17, 15) is 14.4 Å². The summed E-state index contributed by atoms with van der Waals surface area (Å²) in [5.74, 6) is -0.488. The topological polar surface area (TPSA) is 114 Å². The summed E-state index contributed by atoms with van der Waals surface area (Å²) in [7, 11) is 1.24. The van der Waals surface area contributed by atoms with Crippen LogP contribution in [0, 0.1) is 19.8 Å². The van der Waals surface area contributed by atoms with E-state index in [0.29, 0.717) is 17.8 Å². The van der Waals surface area contributed by atoms with E-state index in [1.807, 2.05) is 33.8 Å². The Morgan fingerprint density at radius 3 is 2.31 bits per heavy atom. The standard InChI is InChI=1S/C22H30ClN5O4/c1-12(2)9-19(26-22(31)32-6)21(30)24-16-7-8-18(17(23)11-16)25-20(29)15(5)28-14(4)10-13(3)27-28/h7-8,10-12,15,19H,9H2,1-6H3,(H,24,30)(H,25,29)(H,26,31). The van der Waals surface area contributed by atoms with Crippen molar-refractivity contribution in [1.82, 2.24) is 15.1 Å². The molecule has 0 aliphatic rings. The average molecular weight is 464 g/mol. The number of aryl methyl sites for hydroxylation is 2. The molecule has 0 aliphatic carbocycles. The second-order valence-electron chi connectivity index (χ2n) is 8.04. The van der Waals surface area contributed by atoms with Crippen LogP contribution in [0.15, 0.2) is 24.3 Å². The summed E-state index contributed by atoms with van der Waals surface area (Å²) in [4.78, 5) is 36.9. The maximum Gasteiger partial charge on any atom is 0.407 e. The first-order valence-corrected chi connectivity index (χ1v) is 10.7. The van der Waals surface area contributed by atoms with Gasteiger partial charge in [0.1, 0.15) is 12.1 Å². The van der Waals surface area contributed by atoms with Crippen molar-refractivity contribution in [1.29, 1.82) is 0 Å². The predicted molar refractivity (Wildman–Crippen MR) is 124 cm³/mol. The Morgan fingerprint density at radius 2 is 1.78 bits per heavy atom. The van der Waals surface area contributed by atoms with Crippen molar-refractivity contribution in [3.8, 4) is 0 Å². The molecule has 2 unspecified atom stereocenters. The molecule has 2 rings (SSSR count). The van der Waals surface area contributed by atoms with Crippen LogP contribution in [0.2, 0.25) is 5.02 Å². The van der Waals surface area contributed by atoms with Crippen LogP contribution in [0.25, 0.3) is 0 Å². The van der Waals surface area contributed by atoms with Crippen molar-refractivity contribution in [2.45, 2.75) is 53.1 Å². The van der Waals surface area contributed by atoms with E-state index in [4.69, 9.17) is 11.6 Å². The normalized spacial score (nSPS) is 12.8.